The number of nitrogens with one attached hydrogen (secondary N) is 2. The lowest BCUT2D eigenvalue weighted by Gasteiger charge is -2.31. The fourth-order valence-corrected chi connectivity index (χ4v) is 6.04. The van der Waals surface area contributed by atoms with Gasteiger partial charge in [-0.1, -0.05) is 5.16 Å². The van der Waals surface area contributed by atoms with Crippen LogP contribution in [0.1, 0.15) is 54.1 Å². The van der Waals surface area contributed by atoms with E-state index in [9.17, 15) is 14.4 Å². The fraction of sp³-hybridized carbons (Fsp3) is 0.522. The molecule has 3 aromatic rings. The lowest BCUT2D eigenvalue weighted by molar-refractivity contribution is -0.134. The van der Waals surface area contributed by atoms with Gasteiger partial charge < -0.3 is 19.7 Å². The van der Waals surface area contributed by atoms with Crippen LogP contribution >= 0.6 is 11.3 Å². The predicted molar refractivity (Wildman–Crippen MR) is 124 cm³/mol. The molecule has 2 N–H and O–H groups in total. The van der Waals surface area contributed by atoms with E-state index in [1.54, 1.807) is 29.2 Å². The molecule has 1 saturated heterocycles. The SMILES string of the molecule is Cc1cc(NC(=O)C2CCN(C(=O)CCc3nc4sc5c(c4c(=O)[nH]3)CCCC5)CC2)no1. The normalized spacial score (nSPS) is 16.7. The molecule has 0 saturated carbocycles. The number of carbonyl (C=O) groups is 2. The number of fused-ring (bicyclic) bond motifs is 3. The zero-order valence-corrected chi connectivity index (χ0v) is 19.4. The van der Waals surface area contributed by atoms with Crippen LogP contribution in [0.2, 0.25) is 0 Å². The first kappa shape index (κ1) is 21.8. The number of rotatable bonds is 5. The second kappa shape index (κ2) is 9.09. The fourth-order valence-electron chi connectivity index (χ4n) is 4.75. The average Bonchev–Trinajstić information content (AvgIpc) is 3.40. The number of aromatic nitrogens is 3. The highest BCUT2D eigenvalue weighted by molar-refractivity contribution is 7.18. The Morgan fingerprint density at radius 3 is 2.82 bits per heavy atom. The molecule has 0 radical (unpaired) electrons. The van der Waals surface area contributed by atoms with Crippen LogP contribution in [0, 0.1) is 12.8 Å². The molecule has 4 heterocycles. The van der Waals surface area contributed by atoms with Gasteiger partial charge in [0.15, 0.2) is 5.82 Å². The number of aromatic amines is 1. The zero-order valence-electron chi connectivity index (χ0n) is 18.6. The number of likely N-dealkylation sites (tertiary alicyclic amines) is 1. The summed E-state index contributed by atoms with van der Waals surface area (Å²) in [4.78, 5) is 49.3. The number of piperidine rings is 1. The molecule has 5 rings (SSSR count). The summed E-state index contributed by atoms with van der Waals surface area (Å²) in [5, 5.41) is 7.30. The lowest BCUT2D eigenvalue weighted by atomic mass is 9.95. The van der Waals surface area contributed by atoms with Crippen molar-refractivity contribution >= 4 is 39.2 Å². The molecule has 1 aliphatic carbocycles. The highest BCUT2D eigenvalue weighted by Crippen LogP contribution is 2.33. The van der Waals surface area contributed by atoms with Crippen molar-refractivity contribution in [1.29, 1.82) is 0 Å². The summed E-state index contributed by atoms with van der Waals surface area (Å²) in [6, 6.07) is 1.68. The molecule has 174 valence electrons. The molecular weight excluding hydrogens is 442 g/mol. The molecule has 33 heavy (non-hydrogen) atoms. The predicted octanol–water partition coefficient (Wildman–Crippen LogP) is 2.97. The maximum Gasteiger partial charge on any atom is 0.259 e. The second-order valence-electron chi connectivity index (χ2n) is 8.87. The van der Waals surface area contributed by atoms with Crippen molar-refractivity contribution in [1.82, 2.24) is 20.0 Å². The minimum atomic E-state index is -0.156. The Kier molecular flexibility index (Phi) is 6.01. The molecule has 0 unspecified atom stereocenters. The first-order chi connectivity index (χ1) is 16.0. The molecule has 3 aromatic heterocycles. The average molecular weight is 470 g/mol. The molecule has 0 aromatic carbocycles. The number of aryl methyl sites for hydroxylation is 4. The van der Waals surface area contributed by atoms with E-state index in [0.717, 1.165) is 35.9 Å². The van der Waals surface area contributed by atoms with Crippen molar-refractivity contribution in [3.63, 3.8) is 0 Å². The van der Waals surface area contributed by atoms with Crippen molar-refractivity contribution in [3.05, 3.63) is 38.4 Å². The zero-order chi connectivity index (χ0) is 22.9. The van der Waals surface area contributed by atoms with E-state index in [1.165, 1.54) is 10.4 Å². The summed E-state index contributed by atoms with van der Waals surface area (Å²) in [5.41, 5.74) is 1.08. The van der Waals surface area contributed by atoms with Gasteiger partial charge in [-0.25, -0.2) is 4.98 Å². The van der Waals surface area contributed by atoms with Crippen LogP contribution in [-0.4, -0.2) is 44.9 Å². The first-order valence-electron chi connectivity index (χ1n) is 11.5. The molecule has 9 nitrogen and oxygen atoms in total. The van der Waals surface area contributed by atoms with Gasteiger partial charge >= 0.3 is 0 Å². The Balaban J connectivity index is 1.15. The summed E-state index contributed by atoms with van der Waals surface area (Å²) in [7, 11) is 0. The van der Waals surface area contributed by atoms with Crippen LogP contribution in [0.5, 0.6) is 0 Å². The van der Waals surface area contributed by atoms with Gasteiger partial charge in [-0.3, -0.25) is 14.4 Å². The van der Waals surface area contributed by atoms with E-state index >= 15 is 0 Å². The Hall–Kier alpha value is -3.01. The standard InChI is InChI=1S/C23H27N5O4S/c1-13-12-18(27-32-13)25-21(30)14-8-10-28(11-9-14)19(29)7-6-17-24-22(31)20-15-4-2-3-5-16(15)33-23(20)26-17/h12,14H,2-11H2,1H3,(H,24,26,31)(H,25,27,30). The number of thiophene rings is 1. The topological polar surface area (TPSA) is 121 Å². The minimum absolute atomic E-state index is 0.0224. The smallest absolute Gasteiger partial charge is 0.259 e. The number of anilines is 1. The third-order valence-corrected chi connectivity index (χ3v) is 7.73. The summed E-state index contributed by atoms with van der Waals surface area (Å²) in [6.07, 6.45) is 6.16. The number of carbonyl (C=O) groups excluding carboxylic acids is 2. The minimum Gasteiger partial charge on any atom is -0.360 e. The molecule has 0 bridgehead atoms. The third-order valence-electron chi connectivity index (χ3n) is 6.55. The van der Waals surface area contributed by atoms with Gasteiger partial charge in [-0.2, -0.15) is 0 Å². The van der Waals surface area contributed by atoms with E-state index in [-0.39, 0.29) is 29.7 Å². The number of hydrogen-bond donors (Lipinski definition) is 2. The molecule has 2 aliphatic rings. The van der Waals surface area contributed by atoms with Crippen LogP contribution < -0.4 is 10.9 Å². The van der Waals surface area contributed by atoms with Gasteiger partial charge in [0, 0.05) is 42.8 Å². The Morgan fingerprint density at radius 1 is 1.27 bits per heavy atom. The van der Waals surface area contributed by atoms with Crippen molar-refractivity contribution in [3.8, 4) is 0 Å². The van der Waals surface area contributed by atoms with Gasteiger partial charge in [0.1, 0.15) is 16.4 Å². The van der Waals surface area contributed by atoms with Crippen LogP contribution in [0.3, 0.4) is 0 Å². The van der Waals surface area contributed by atoms with E-state index in [2.05, 4.69) is 20.4 Å². The maximum absolute atomic E-state index is 12.7. The van der Waals surface area contributed by atoms with Gasteiger partial charge in [0.2, 0.25) is 11.8 Å². The van der Waals surface area contributed by atoms with Crippen LogP contribution in [-0.2, 0) is 28.9 Å². The van der Waals surface area contributed by atoms with Crippen molar-refractivity contribution in [2.45, 2.75) is 58.3 Å². The molecule has 0 atom stereocenters. The number of amides is 2. The van der Waals surface area contributed by atoms with E-state index in [1.807, 2.05) is 0 Å². The second-order valence-corrected chi connectivity index (χ2v) is 9.95. The molecule has 2 amide bonds. The Bertz CT molecular complexity index is 1250. The van der Waals surface area contributed by atoms with E-state index < -0.39 is 0 Å². The van der Waals surface area contributed by atoms with Crippen molar-refractivity contribution in [2.24, 2.45) is 5.92 Å². The third kappa shape index (κ3) is 4.57. The summed E-state index contributed by atoms with van der Waals surface area (Å²) >= 11 is 1.62. The highest BCUT2D eigenvalue weighted by atomic mass is 32.1. The maximum atomic E-state index is 12.7. The van der Waals surface area contributed by atoms with Crippen LogP contribution in [0.25, 0.3) is 10.2 Å². The van der Waals surface area contributed by atoms with Crippen LogP contribution in [0.15, 0.2) is 15.4 Å². The molecule has 10 heteroatoms. The molecular formula is C23H27N5O4S. The highest BCUT2D eigenvalue weighted by Gasteiger charge is 2.28. The monoisotopic (exact) mass is 469 g/mol. The Morgan fingerprint density at radius 2 is 2.06 bits per heavy atom. The molecule has 1 aliphatic heterocycles. The quantitative estimate of drug-likeness (QED) is 0.593. The summed E-state index contributed by atoms with van der Waals surface area (Å²) in [6.45, 7) is 2.84. The van der Waals surface area contributed by atoms with E-state index in [0.29, 0.717) is 49.8 Å². The van der Waals surface area contributed by atoms with Crippen LogP contribution in [0.4, 0.5) is 5.82 Å². The lowest BCUT2D eigenvalue weighted by Crippen LogP contribution is -2.41. The van der Waals surface area contributed by atoms with Crippen molar-refractivity contribution < 1.29 is 14.1 Å². The number of nitrogens with zero attached hydrogens (tertiary/aromatic N) is 3. The Labute approximate surface area is 194 Å². The summed E-state index contributed by atoms with van der Waals surface area (Å²) in [5.74, 6) is 1.40. The van der Waals surface area contributed by atoms with Crippen molar-refractivity contribution in [2.75, 3.05) is 18.4 Å². The number of H-pyrrole nitrogens is 1. The molecule has 0 spiro atoms. The van der Waals surface area contributed by atoms with Gasteiger partial charge in [0.05, 0.1) is 5.39 Å². The number of hydrogen-bond acceptors (Lipinski definition) is 7. The largest absolute Gasteiger partial charge is 0.360 e. The molecule has 1 fully saturated rings. The van der Waals surface area contributed by atoms with E-state index in [4.69, 9.17) is 4.52 Å². The van der Waals surface area contributed by atoms with Gasteiger partial charge in [-0.15, -0.1) is 11.3 Å². The van der Waals surface area contributed by atoms with Gasteiger partial charge in [-0.05, 0) is 51.0 Å². The first-order valence-corrected chi connectivity index (χ1v) is 12.3. The van der Waals surface area contributed by atoms with Gasteiger partial charge in [0.25, 0.3) is 5.56 Å². The summed E-state index contributed by atoms with van der Waals surface area (Å²) < 4.78 is 4.97.